The second-order valence-corrected chi connectivity index (χ2v) is 25.1. The zero-order chi connectivity index (χ0) is 54.7. The Morgan fingerprint density at radius 2 is 0.524 bits per heavy atom. The van der Waals surface area contributed by atoms with E-state index in [0.717, 1.165) is 45.1 Å². The highest BCUT2D eigenvalue weighted by Gasteiger charge is 2.22. The lowest BCUT2D eigenvalue weighted by molar-refractivity contribution is 1.16. The Balaban J connectivity index is 0.772. The van der Waals surface area contributed by atoms with Gasteiger partial charge in [-0.2, -0.15) is 0 Å². The van der Waals surface area contributed by atoms with Crippen molar-refractivity contribution in [1.29, 1.82) is 0 Å². The van der Waals surface area contributed by atoms with Gasteiger partial charge in [0, 0.05) is 112 Å². The predicted molar refractivity (Wildman–Crippen MR) is 360 cm³/mol. The molecule has 7 aromatic heterocycles. The molecule has 0 aliphatic rings. The molecule has 0 spiro atoms. The van der Waals surface area contributed by atoms with E-state index in [4.69, 9.17) is 9.97 Å². The predicted octanol–water partition coefficient (Wildman–Crippen LogP) is 21.9. The SMILES string of the molecule is c1ccc2c(c1)sc1c2ccc2c3ccccc3n(-c3ccc(-c4cc(-c5ccc(-n6c7ccccc7c7ccc8c9ccccc9sc8c76)cc5)nc(-c5ccc(-n6c7ccccc7c7ccc8c9ccccc9sc8c76)cc5)n4)cc3)c21. The molecule has 7 heterocycles. The second kappa shape index (κ2) is 17.6. The molecule has 0 aliphatic heterocycles. The number of para-hydroxylation sites is 3. The van der Waals surface area contributed by atoms with E-state index >= 15 is 0 Å². The third-order valence-corrected chi connectivity index (χ3v) is 21.1. The summed E-state index contributed by atoms with van der Waals surface area (Å²) in [5, 5.41) is 15.3. The molecule has 390 valence electrons. The molecule has 5 nitrogen and oxygen atoms in total. The number of nitrogens with zero attached hydrogens (tertiary/aromatic N) is 5. The number of fused-ring (bicyclic) bond motifs is 21. The van der Waals surface area contributed by atoms with Gasteiger partial charge in [-0.1, -0.05) is 170 Å². The maximum Gasteiger partial charge on any atom is 0.160 e. The summed E-state index contributed by atoms with van der Waals surface area (Å²) in [7, 11) is 0. The summed E-state index contributed by atoms with van der Waals surface area (Å²) in [6.45, 7) is 0. The van der Waals surface area contributed by atoms with Crippen molar-refractivity contribution in [3.63, 3.8) is 0 Å². The van der Waals surface area contributed by atoms with E-state index in [1.165, 1.54) is 126 Å². The van der Waals surface area contributed by atoms with Gasteiger partial charge in [-0.05, 0) is 91.0 Å². The molecular formula is C76H43N5S3. The molecule has 0 atom stereocenters. The Hall–Kier alpha value is -10.2. The molecule has 19 aromatic rings. The lowest BCUT2D eigenvalue weighted by Gasteiger charge is -2.13. The van der Waals surface area contributed by atoms with Gasteiger partial charge >= 0.3 is 0 Å². The van der Waals surface area contributed by atoms with Crippen LogP contribution >= 0.6 is 34.0 Å². The maximum absolute atomic E-state index is 5.46. The summed E-state index contributed by atoms with van der Waals surface area (Å²) in [4.78, 5) is 10.9. The topological polar surface area (TPSA) is 40.6 Å². The molecular weight excluding hydrogens is 1080 g/mol. The van der Waals surface area contributed by atoms with Crippen molar-refractivity contribution in [2.75, 3.05) is 0 Å². The molecule has 0 radical (unpaired) electrons. The number of thiophene rings is 3. The first-order chi connectivity index (χ1) is 41.6. The van der Waals surface area contributed by atoms with Gasteiger partial charge in [0.15, 0.2) is 5.82 Å². The van der Waals surface area contributed by atoms with E-state index < -0.39 is 0 Å². The number of hydrogen-bond acceptors (Lipinski definition) is 5. The van der Waals surface area contributed by atoms with Crippen molar-refractivity contribution < 1.29 is 0 Å². The third kappa shape index (κ3) is 6.64. The molecule has 12 aromatic carbocycles. The molecule has 0 saturated carbocycles. The zero-order valence-electron chi connectivity index (χ0n) is 44.8. The molecule has 0 N–H and O–H groups in total. The van der Waals surface area contributed by atoms with Crippen molar-refractivity contribution in [2.24, 2.45) is 0 Å². The minimum absolute atomic E-state index is 0.667. The lowest BCUT2D eigenvalue weighted by Crippen LogP contribution is -1.98. The van der Waals surface area contributed by atoms with Gasteiger partial charge in [-0.3, -0.25) is 0 Å². The average molecular weight is 1120 g/mol. The van der Waals surface area contributed by atoms with Gasteiger partial charge in [0.25, 0.3) is 0 Å². The Morgan fingerprint density at radius 3 is 0.869 bits per heavy atom. The standard InChI is InChI=1S/C76H43N5S3/c1-7-19-64-50(13-1)56-37-40-59-53-16-4-10-22-67(53)82-73(59)70(56)79(64)47-31-25-44(26-32-47)62-43-63(45-27-33-48(34-28-45)80-65-20-8-2-14-51(65)57-38-41-60-54-17-5-11-23-68(54)83-74(60)71(57)80)78-76(77-62)46-29-35-49(36-30-46)81-66-21-9-3-15-52(66)58-39-42-61-55-18-6-12-24-69(55)84-75(61)72(58)81/h1-43H. The Morgan fingerprint density at radius 1 is 0.238 bits per heavy atom. The fourth-order valence-electron chi connectivity index (χ4n) is 13.7. The van der Waals surface area contributed by atoms with Crippen molar-refractivity contribution >= 4 is 160 Å². The second-order valence-electron chi connectivity index (χ2n) is 22.0. The van der Waals surface area contributed by atoms with Crippen LogP contribution in [0, 0.1) is 0 Å². The van der Waals surface area contributed by atoms with Crippen molar-refractivity contribution in [2.45, 2.75) is 0 Å². The summed E-state index contributed by atoms with van der Waals surface area (Å²) in [6.07, 6.45) is 0. The van der Waals surface area contributed by atoms with Gasteiger partial charge in [-0.15, -0.1) is 34.0 Å². The van der Waals surface area contributed by atoms with Crippen LogP contribution < -0.4 is 0 Å². The minimum atomic E-state index is 0.667. The summed E-state index contributed by atoms with van der Waals surface area (Å²) >= 11 is 5.63. The van der Waals surface area contributed by atoms with Crippen LogP contribution in [-0.4, -0.2) is 23.7 Å². The van der Waals surface area contributed by atoms with E-state index in [9.17, 15) is 0 Å². The summed E-state index contributed by atoms with van der Waals surface area (Å²) in [6, 6.07) is 95.6. The highest BCUT2D eigenvalue weighted by atomic mass is 32.1. The number of hydrogen-bond donors (Lipinski definition) is 0. The van der Waals surface area contributed by atoms with Crippen LogP contribution in [0.5, 0.6) is 0 Å². The van der Waals surface area contributed by atoms with Crippen molar-refractivity contribution in [1.82, 2.24) is 23.7 Å². The Labute approximate surface area is 492 Å². The minimum Gasteiger partial charge on any atom is -0.308 e. The monoisotopic (exact) mass is 1120 g/mol. The van der Waals surface area contributed by atoms with Crippen molar-refractivity contribution in [3.8, 4) is 51.0 Å². The van der Waals surface area contributed by atoms with Crippen LogP contribution in [0.4, 0.5) is 0 Å². The average Bonchev–Trinajstić information content (AvgIpc) is 2.25. The van der Waals surface area contributed by atoms with Gasteiger partial charge in [0.1, 0.15) is 0 Å². The zero-order valence-corrected chi connectivity index (χ0v) is 47.2. The summed E-state index contributed by atoms with van der Waals surface area (Å²) in [5.74, 6) is 0.667. The molecule has 0 unspecified atom stereocenters. The van der Waals surface area contributed by atoms with Gasteiger partial charge in [0.2, 0.25) is 0 Å². The van der Waals surface area contributed by atoms with Crippen molar-refractivity contribution in [3.05, 3.63) is 261 Å². The number of aromatic nitrogens is 5. The largest absolute Gasteiger partial charge is 0.308 e. The number of benzene rings is 12. The summed E-state index contributed by atoms with van der Waals surface area (Å²) < 4.78 is 15.2. The quantitative estimate of drug-likeness (QED) is 0.166. The van der Waals surface area contributed by atoms with E-state index in [2.05, 4.69) is 275 Å². The molecule has 0 fully saturated rings. The van der Waals surface area contributed by atoms with Gasteiger partial charge < -0.3 is 13.7 Å². The Bertz CT molecular complexity index is 5370. The number of rotatable bonds is 6. The smallest absolute Gasteiger partial charge is 0.160 e. The summed E-state index contributed by atoms with van der Waals surface area (Å²) in [5.41, 5.74) is 15.2. The first-order valence-electron chi connectivity index (χ1n) is 28.4. The van der Waals surface area contributed by atoms with Crippen LogP contribution in [-0.2, 0) is 0 Å². The van der Waals surface area contributed by atoms with Crippen LogP contribution in [0.1, 0.15) is 0 Å². The van der Waals surface area contributed by atoms with E-state index in [-0.39, 0.29) is 0 Å². The van der Waals surface area contributed by atoms with E-state index in [0.29, 0.717) is 5.82 Å². The van der Waals surface area contributed by atoms with Crippen LogP contribution in [0.3, 0.4) is 0 Å². The maximum atomic E-state index is 5.46. The molecule has 0 aliphatic carbocycles. The first kappa shape index (κ1) is 46.4. The van der Waals surface area contributed by atoms with Crippen LogP contribution in [0.15, 0.2) is 261 Å². The van der Waals surface area contributed by atoms with E-state index in [1.807, 2.05) is 34.0 Å². The highest BCUT2D eigenvalue weighted by Crippen LogP contribution is 2.47. The van der Waals surface area contributed by atoms with Crippen LogP contribution in [0.2, 0.25) is 0 Å². The van der Waals surface area contributed by atoms with Gasteiger partial charge in [0.05, 0.1) is 58.6 Å². The van der Waals surface area contributed by atoms with E-state index in [1.54, 1.807) is 0 Å². The normalized spacial score (nSPS) is 12.3. The molecule has 0 bridgehead atoms. The molecule has 0 amide bonds. The fraction of sp³-hybridized carbons (Fsp3) is 0. The lowest BCUT2D eigenvalue weighted by atomic mass is 10.1. The molecule has 19 rings (SSSR count). The van der Waals surface area contributed by atoms with Gasteiger partial charge in [-0.25, -0.2) is 9.97 Å². The highest BCUT2D eigenvalue weighted by molar-refractivity contribution is 7.27. The molecule has 84 heavy (non-hydrogen) atoms. The Kier molecular flexibility index (Phi) is 9.75. The first-order valence-corrected chi connectivity index (χ1v) is 30.8. The molecule has 8 heteroatoms. The third-order valence-electron chi connectivity index (χ3n) is 17.5. The fourth-order valence-corrected chi connectivity index (χ4v) is 17.4. The van der Waals surface area contributed by atoms with Crippen LogP contribution in [0.25, 0.3) is 177 Å². The molecule has 0 saturated heterocycles.